The second kappa shape index (κ2) is 5.84. The molecule has 1 heterocycles. The van der Waals surface area contributed by atoms with E-state index < -0.39 is 11.7 Å². The molecule has 0 saturated carbocycles. The highest BCUT2D eigenvalue weighted by atomic mass is 32.2. The van der Waals surface area contributed by atoms with Crippen LogP contribution in [0.4, 0.5) is 13.2 Å². The summed E-state index contributed by atoms with van der Waals surface area (Å²) >= 11 is 1.41. The Balaban J connectivity index is 1.99. The van der Waals surface area contributed by atoms with Crippen LogP contribution >= 0.6 is 11.8 Å². The van der Waals surface area contributed by atoms with E-state index in [-0.39, 0.29) is 6.04 Å². The number of hydrogen-bond donors (Lipinski definition) is 1. The zero-order chi connectivity index (χ0) is 14.8. The lowest BCUT2D eigenvalue weighted by Crippen LogP contribution is -2.14. The molecule has 1 aromatic heterocycles. The minimum Gasteiger partial charge on any atom is -0.323 e. The normalized spacial score (nSPS) is 13.4. The Morgan fingerprint density at radius 2 is 1.95 bits per heavy atom. The van der Waals surface area contributed by atoms with Crippen LogP contribution < -0.4 is 5.73 Å². The minimum atomic E-state index is -4.32. The van der Waals surface area contributed by atoms with Crippen molar-refractivity contribution in [3.63, 3.8) is 0 Å². The van der Waals surface area contributed by atoms with E-state index in [2.05, 4.69) is 10.1 Å². The minimum absolute atomic E-state index is 0.362. The maximum atomic E-state index is 12.4. The molecule has 0 aliphatic heterocycles. The van der Waals surface area contributed by atoms with Gasteiger partial charge in [0.15, 0.2) is 5.16 Å². The van der Waals surface area contributed by atoms with Crippen LogP contribution in [0.25, 0.3) is 0 Å². The van der Waals surface area contributed by atoms with Gasteiger partial charge in [0, 0.05) is 18.8 Å². The average molecular weight is 302 g/mol. The van der Waals surface area contributed by atoms with Crippen LogP contribution in [0.3, 0.4) is 0 Å². The van der Waals surface area contributed by atoms with E-state index in [1.165, 1.54) is 30.2 Å². The number of rotatable bonds is 4. The van der Waals surface area contributed by atoms with Crippen LogP contribution in [0.5, 0.6) is 0 Å². The van der Waals surface area contributed by atoms with Crippen molar-refractivity contribution in [2.75, 3.05) is 5.75 Å². The molecule has 0 amide bonds. The maximum absolute atomic E-state index is 12.4. The van der Waals surface area contributed by atoms with Crippen molar-refractivity contribution in [1.82, 2.24) is 14.8 Å². The molecule has 2 rings (SSSR count). The number of nitrogens with zero attached hydrogens (tertiary/aromatic N) is 3. The van der Waals surface area contributed by atoms with Gasteiger partial charge in [0.1, 0.15) is 6.33 Å². The molecule has 0 aliphatic rings. The van der Waals surface area contributed by atoms with Crippen LogP contribution in [-0.4, -0.2) is 20.5 Å². The third-order valence-electron chi connectivity index (χ3n) is 2.73. The molecule has 8 heteroatoms. The molecule has 0 bridgehead atoms. The van der Waals surface area contributed by atoms with Crippen molar-refractivity contribution in [2.45, 2.75) is 17.4 Å². The zero-order valence-corrected chi connectivity index (χ0v) is 11.4. The van der Waals surface area contributed by atoms with Crippen molar-refractivity contribution >= 4 is 11.8 Å². The topological polar surface area (TPSA) is 56.7 Å². The quantitative estimate of drug-likeness (QED) is 0.882. The van der Waals surface area contributed by atoms with Crippen LogP contribution in [0, 0.1) is 0 Å². The first-order valence-electron chi connectivity index (χ1n) is 5.77. The molecule has 2 aromatic rings. The van der Waals surface area contributed by atoms with Gasteiger partial charge in [-0.2, -0.15) is 18.3 Å². The second-order valence-electron chi connectivity index (χ2n) is 4.20. The fourth-order valence-electron chi connectivity index (χ4n) is 1.60. The molecule has 0 radical (unpaired) electrons. The summed E-state index contributed by atoms with van der Waals surface area (Å²) in [6, 6.07) is 4.54. The number of thioether (sulfide) groups is 1. The van der Waals surface area contributed by atoms with E-state index in [0.29, 0.717) is 16.5 Å². The molecule has 0 saturated heterocycles. The Hall–Kier alpha value is -1.54. The summed E-state index contributed by atoms with van der Waals surface area (Å²) in [4.78, 5) is 4.04. The van der Waals surface area contributed by atoms with E-state index in [1.807, 2.05) is 0 Å². The Bertz CT molecular complexity index is 565. The van der Waals surface area contributed by atoms with Gasteiger partial charge < -0.3 is 5.73 Å². The summed E-state index contributed by atoms with van der Waals surface area (Å²) in [7, 11) is 1.76. The third kappa shape index (κ3) is 3.51. The lowest BCUT2D eigenvalue weighted by atomic mass is 10.1. The lowest BCUT2D eigenvalue weighted by molar-refractivity contribution is -0.137. The molecule has 1 atom stereocenters. The molecule has 0 spiro atoms. The molecule has 4 nitrogen and oxygen atoms in total. The van der Waals surface area contributed by atoms with Gasteiger partial charge in [-0.25, -0.2) is 9.67 Å². The van der Waals surface area contributed by atoms with Gasteiger partial charge >= 0.3 is 6.18 Å². The van der Waals surface area contributed by atoms with Crippen molar-refractivity contribution in [3.05, 3.63) is 41.7 Å². The first-order chi connectivity index (χ1) is 9.38. The van der Waals surface area contributed by atoms with Crippen LogP contribution in [0.15, 0.2) is 35.7 Å². The second-order valence-corrected chi connectivity index (χ2v) is 5.19. The van der Waals surface area contributed by atoms with Gasteiger partial charge in [0.25, 0.3) is 0 Å². The molecule has 20 heavy (non-hydrogen) atoms. The van der Waals surface area contributed by atoms with Crippen LogP contribution in [0.1, 0.15) is 17.2 Å². The highest BCUT2D eigenvalue weighted by Gasteiger charge is 2.30. The Labute approximate surface area is 118 Å². The predicted molar refractivity (Wildman–Crippen MR) is 70.1 cm³/mol. The first kappa shape index (κ1) is 14.9. The number of hydrogen-bond acceptors (Lipinski definition) is 4. The molecule has 108 valence electrons. The van der Waals surface area contributed by atoms with Crippen molar-refractivity contribution in [2.24, 2.45) is 12.8 Å². The standard InChI is InChI=1S/C12H13F3N4S/c1-19-11(17-7-18-19)20-6-10(16)8-2-4-9(5-3-8)12(13,14)15/h2-5,7,10H,6,16H2,1H3. The number of nitrogens with two attached hydrogens (primary N) is 1. The molecule has 0 aliphatic carbocycles. The van der Waals surface area contributed by atoms with E-state index in [1.54, 1.807) is 11.7 Å². The van der Waals surface area contributed by atoms with Crippen molar-refractivity contribution < 1.29 is 13.2 Å². The van der Waals surface area contributed by atoms with E-state index in [0.717, 1.165) is 12.1 Å². The summed E-state index contributed by atoms with van der Waals surface area (Å²) in [5.41, 5.74) is 5.95. The molecule has 2 N–H and O–H groups in total. The third-order valence-corrected chi connectivity index (χ3v) is 3.88. The summed E-state index contributed by atoms with van der Waals surface area (Å²) in [6.45, 7) is 0. The van der Waals surface area contributed by atoms with E-state index in [4.69, 9.17) is 5.73 Å². The smallest absolute Gasteiger partial charge is 0.323 e. The highest BCUT2D eigenvalue weighted by Crippen LogP contribution is 2.30. The van der Waals surface area contributed by atoms with Gasteiger partial charge in [-0.15, -0.1) is 0 Å². The highest BCUT2D eigenvalue weighted by molar-refractivity contribution is 7.99. The fourth-order valence-corrected chi connectivity index (χ4v) is 2.47. The van der Waals surface area contributed by atoms with Gasteiger partial charge in [-0.3, -0.25) is 0 Å². The monoisotopic (exact) mass is 302 g/mol. The zero-order valence-electron chi connectivity index (χ0n) is 10.6. The maximum Gasteiger partial charge on any atom is 0.416 e. The van der Waals surface area contributed by atoms with Gasteiger partial charge in [-0.05, 0) is 17.7 Å². The SMILES string of the molecule is Cn1ncnc1SCC(N)c1ccc(C(F)(F)F)cc1. The van der Waals surface area contributed by atoms with Crippen LogP contribution in [-0.2, 0) is 13.2 Å². The van der Waals surface area contributed by atoms with Gasteiger partial charge in [-0.1, -0.05) is 23.9 Å². The number of aryl methyl sites for hydroxylation is 1. The molecular weight excluding hydrogens is 289 g/mol. The number of benzene rings is 1. The summed E-state index contributed by atoms with van der Waals surface area (Å²) in [5, 5.41) is 4.64. The number of halogens is 3. The average Bonchev–Trinajstić information content (AvgIpc) is 2.81. The van der Waals surface area contributed by atoms with E-state index >= 15 is 0 Å². The molecule has 0 fully saturated rings. The fraction of sp³-hybridized carbons (Fsp3) is 0.333. The molecule has 1 unspecified atom stereocenters. The van der Waals surface area contributed by atoms with Crippen molar-refractivity contribution in [1.29, 1.82) is 0 Å². The summed E-state index contributed by atoms with van der Waals surface area (Å²) in [5.74, 6) is 0.512. The number of aromatic nitrogens is 3. The van der Waals surface area contributed by atoms with Gasteiger partial charge in [0.05, 0.1) is 5.56 Å². The van der Waals surface area contributed by atoms with Crippen molar-refractivity contribution in [3.8, 4) is 0 Å². The molecular formula is C12H13F3N4S. The molecule has 1 aromatic carbocycles. The van der Waals surface area contributed by atoms with Gasteiger partial charge in [0.2, 0.25) is 0 Å². The predicted octanol–water partition coefficient (Wildman–Crippen LogP) is 2.63. The summed E-state index contributed by atoms with van der Waals surface area (Å²) < 4.78 is 39.0. The first-order valence-corrected chi connectivity index (χ1v) is 6.76. The largest absolute Gasteiger partial charge is 0.416 e. The summed E-state index contributed by atoms with van der Waals surface area (Å²) in [6.07, 6.45) is -2.89. The Morgan fingerprint density at radius 1 is 1.30 bits per heavy atom. The Morgan fingerprint density at radius 3 is 2.45 bits per heavy atom. The van der Waals surface area contributed by atoms with Crippen LogP contribution in [0.2, 0.25) is 0 Å². The van der Waals surface area contributed by atoms with E-state index in [9.17, 15) is 13.2 Å². The number of alkyl halides is 3. The lowest BCUT2D eigenvalue weighted by Gasteiger charge is -2.13. The Kier molecular flexibility index (Phi) is 4.34.